The van der Waals surface area contributed by atoms with Gasteiger partial charge in [0.1, 0.15) is 0 Å². The minimum Gasteiger partial charge on any atom is -0.393 e. The van der Waals surface area contributed by atoms with Crippen LogP contribution in [0.15, 0.2) is 24.3 Å². The van der Waals surface area contributed by atoms with E-state index >= 15 is 0 Å². The third-order valence-corrected chi connectivity index (χ3v) is 4.26. The van der Waals surface area contributed by atoms with Gasteiger partial charge in [-0.15, -0.1) is 0 Å². The van der Waals surface area contributed by atoms with Gasteiger partial charge in [0.05, 0.1) is 6.10 Å². The highest BCUT2D eigenvalue weighted by Gasteiger charge is 2.23. The van der Waals surface area contributed by atoms with E-state index in [1.807, 2.05) is 6.92 Å². The molecule has 0 saturated carbocycles. The van der Waals surface area contributed by atoms with Crippen molar-refractivity contribution in [2.24, 2.45) is 5.92 Å². The summed E-state index contributed by atoms with van der Waals surface area (Å²) in [6, 6.07) is 8.72. The fourth-order valence-corrected chi connectivity index (χ4v) is 2.84. The summed E-state index contributed by atoms with van der Waals surface area (Å²) in [5, 5.41) is 9.67. The number of piperidine rings is 1. The van der Waals surface area contributed by atoms with Gasteiger partial charge in [-0.2, -0.15) is 0 Å². The van der Waals surface area contributed by atoms with E-state index in [2.05, 4.69) is 51.8 Å². The van der Waals surface area contributed by atoms with Gasteiger partial charge in [-0.05, 0) is 72.5 Å². The molecule has 3 heteroatoms. The maximum atomic E-state index is 9.67. The lowest BCUT2D eigenvalue weighted by molar-refractivity contribution is 0.0599. The lowest BCUT2D eigenvalue weighted by atomic mass is 9.93. The van der Waals surface area contributed by atoms with E-state index in [1.54, 1.807) is 0 Å². The molecule has 1 fully saturated rings. The maximum Gasteiger partial charge on any atom is 0.0552 e. The second-order valence-corrected chi connectivity index (χ2v) is 6.25. The van der Waals surface area contributed by atoms with Gasteiger partial charge in [-0.25, -0.2) is 0 Å². The minimum absolute atomic E-state index is 0.172. The number of rotatable bonds is 3. The molecule has 2 nitrogen and oxygen atoms in total. The summed E-state index contributed by atoms with van der Waals surface area (Å²) in [5.41, 5.74) is 1.37. The van der Waals surface area contributed by atoms with Gasteiger partial charge in [0.2, 0.25) is 0 Å². The molecule has 2 rings (SSSR count). The monoisotopic (exact) mass is 345 g/mol. The van der Waals surface area contributed by atoms with Gasteiger partial charge in [0, 0.05) is 16.7 Å². The molecule has 0 radical (unpaired) electrons. The summed E-state index contributed by atoms with van der Waals surface area (Å²) >= 11 is 2.33. The summed E-state index contributed by atoms with van der Waals surface area (Å²) in [5.74, 6) is 0.451. The number of hydrogen-bond acceptors (Lipinski definition) is 2. The van der Waals surface area contributed by atoms with E-state index in [0.717, 1.165) is 19.6 Å². The van der Waals surface area contributed by atoms with E-state index in [4.69, 9.17) is 0 Å². The van der Waals surface area contributed by atoms with Crippen molar-refractivity contribution in [1.29, 1.82) is 0 Å². The molecule has 1 aromatic rings. The second-order valence-electron chi connectivity index (χ2n) is 5.00. The summed E-state index contributed by atoms with van der Waals surface area (Å²) in [7, 11) is 0. The number of nitrogens with zero attached hydrogens (tertiary/aromatic N) is 1. The standard InChI is InChI=1S/C14H20INO/c1-11(17)13-3-2-8-16(10-13)9-12-4-6-14(15)7-5-12/h4-7,11,13,17H,2-3,8-10H2,1H3. The van der Waals surface area contributed by atoms with Gasteiger partial charge < -0.3 is 5.11 Å². The molecule has 2 atom stereocenters. The molecular weight excluding hydrogens is 325 g/mol. The third kappa shape index (κ3) is 3.93. The fraction of sp³-hybridized carbons (Fsp3) is 0.571. The Labute approximate surface area is 117 Å². The van der Waals surface area contributed by atoms with Crippen LogP contribution in [0.5, 0.6) is 0 Å². The van der Waals surface area contributed by atoms with E-state index in [1.165, 1.54) is 22.0 Å². The van der Waals surface area contributed by atoms with Crippen LogP contribution in [0.25, 0.3) is 0 Å². The highest BCUT2D eigenvalue weighted by molar-refractivity contribution is 14.1. The average molecular weight is 345 g/mol. The first-order valence-corrected chi connectivity index (χ1v) is 7.38. The van der Waals surface area contributed by atoms with Crippen LogP contribution in [-0.4, -0.2) is 29.2 Å². The number of likely N-dealkylation sites (tertiary alicyclic amines) is 1. The summed E-state index contributed by atoms with van der Waals surface area (Å²) in [6.07, 6.45) is 2.20. The fourth-order valence-electron chi connectivity index (χ4n) is 2.48. The molecule has 0 spiro atoms. The average Bonchev–Trinajstić information content (AvgIpc) is 2.32. The first kappa shape index (κ1) is 13.3. The van der Waals surface area contributed by atoms with Crippen molar-refractivity contribution in [3.05, 3.63) is 33.4 Å². The quantitative estimate of drug-likeness (QED) is 0.852. The second kappa shape index (κ2) is 6.16. The topological polar surface area (TPSA) is 23.5 Å². The molecule has 17 heavy (non-hydrogen) atoms. The summed E-state index contributed by atoms with van der Waals surface area (Å²) < 4.78 is 1.28. The third-order valence-electron chi connectivity index (χ3n) is 3.54. The molecule has 1 aliphatic rings. The molecule has 1 saturated heterocycles. The van der Waals surface area contributed by atoms with Gasteiger partial charge in [-0.1, -0.05) is 12.1 Å². The van der Waals surface area contributed by atoms with Gasteiger partial charge in [0.25, 0.3) is 0 Å². The van der Waals surface area contributed by atoms with E-state index in [0.29, 0.717) is 5.92 Å². The van der Waals surface area contributed by atoms with Crippen molar-refractivity contribution >= 4 is 22.6 Å². The molecule has 0 aromatic heterocycles. The molecule has 0 bridgehead atoms. The summed E-state index contributed by atoms with van der Waals surface area (Å²) in [4.78, 5) is 2.46. The predicted molar refractivity (Wildman–Crippen MR) is 78.8 cm³/mol. The van der Waals surface area contributed by atoms with Crippen molar-refractivity contribution < 1.29 is 5.11 Å². The molecule has 1 N–H and O–H groups in total. The predicted octanol–water partition coefficient (Wildman–Crippen LogP) is 2.88. The molecule has 94 valence electrons. The lowest BCUT2D eigenvalue weighted by Gasteiger charge is -2.34. The normalized spacial score (nSPS) is 23.6. The Bertz CT molecular complexity index is 350. The number of aliphatic hydroxyl groups excluding tert-OH is 1. The molecule has 1 aliphatic heterocycles. The zero-order valence-electron chi connectivity index (χ0n) is 10.3. The van der Waals surface area contributed by atoms with Gasteiger partial charge in [-0.3, -0.25) is 4.90 Å². The Morgan fingerprint density at radius 3 is 2.76 bits per heavy atom. The maximum absolute atomic E-state index is 9.67. The SMILES string of the molecule is CC(O)C1CCCN(Cc2ccc(I)cc2)C1. The van der Waals surface area contributed by atoms with Crippen molar-refractivity contribution in [3.63, 3.8) is 0 Å². The molecule has 1 aromatic carbocycles. The van der Waals surface area contributed by atoms with Crippen LogP contribution in [0.2, 0.25) is 0 Å². The van der Waals surface area contributed by atoms with Crippen molar-refractivity contribution in [2.75, 3.05) is 13.1 Å². The number of benzene rings is 1. The van der Waals surface area contributed by atoms with Gasteiger partial charge in [0.15, 0.2) is 0 Å². The first-order chi connectivity index (χ1) is 8.15. The molecule has 0 aliphatic carbocycles. The van der Waals surface area contributed by atoms with E-state index < -0.39 is 0 Å². The van der Waals surface area contributed by atoms with Gasteiger partial charge >= 0.3 is 0 Å². The summed E-state index contributed by atoms with van der Waals surface area (Å²) in [6.45, 7) is 5.12. The highest BCUT2D eigenvalue weighted by Crippen LogP contribution is 2.21. The zero-order valence-corrected chi connectivity index (χ0v) is 12.4. The van der Waals surface area contributed by atoms with Crippen LogP contribution in [-0.2, 0) is 6.54 Å². The first-order valence-electron chi connectivity index (χ1n) is 6.30. The van der Waals surface area contributed by atoms with Crippen molar-refractivity contribution in [1.82, 2.24) is 4.90 Å². The van der Waals surface area contributed by atoms with E-state index in [9.17, 15) is 5.11 Å². The van der Waals surface area contributed by atoms with Crippen LogP contribution in [0.1, 0.15) is 25.3 Å². The highest BCUT2D eigenvalue weighted by atomic mass is 127. The molecular formula is C14H20INO. The lowest BCUT2D eigenvalue weighted by Crippen LogP contribution is -2.38. The Hall–Kier alpha value is -0.130. The Morgan fingerprint density at radius 1 is 1.41 bits per heavy atom. The van der Waals surface area contributed by atoms with Crippen molar-refractivity contribution in [2.45, 2.75) is 32.4 Å². The number of aliphatic hydroxyl groups is 1. The van der Waals surface area contributed by atoms with E-state index in [-0.39, 0.29) is 6.10 Å². The van der Waals surface area contributed by atoms with Crippen LogP contribution in [0.4, 0.5) is 0 Å². The largest absolute Gasteiger partial charge is 0.393 e. The smallest absolute Gasteiger partial charge is 0.0552 e. The van der Waals surface area contributed by atoms with Crippen LogP contribution in [0, 0.1) is 9.49 Å². The Morgan fingerprint density at radius 2 is 2.12 bits per heavy atom. The molecule has 0 amide bonds. The van der Waals surface area contributed by atoms with Crippen LogP contribution < -0.4 is 0 Å². The zero-order chi connectivity index (χ0) is 12.3. The molecule has 2 unspecified atom stereocenters. The number of hydrogen-bond donors (Lipinski definition) is 1. The number of halogens is 1. The van der Waals surface area contributed by atoms with Crippen molar-refractivity contribution in [3.8, 4) is 0 Å². The molecule has 1 heterocycles. The minimum atomic E-state index is -0.172. The van der Waals surface area contributed by atoms with Crippen LogP contribution >= 0.6 is 22.6 Å². The Balaban J connectivity index is 1.92. The Kier molecular flexibility index (Phi) is 4.82. The van der Waals surface area contributed by atoms with Crippen LogP contribution in [0.3, 0.4) is 0 Å².